The average molecular weight is 400 g/mol. The lowest BCUT2D eigenvalue weighted by molar-refractivity contribution is 0.0114. The molecule has 1 atom stereocenters. The van der Waals surface area contributed by atoms with E-state index in [1.165, 1.54) is 57.8 Å². The molecule has 0 amide bonds. The van der Waals surface area contributed by atoms with Crippen molar-refractivity contribution in [3.8, 4) is 0 Å². The third kappa shape index (κ3) is 14.2. The summed E-state index contributed by atoms with van der Waals surface area (Å²) in [7, 11) is 0. The maximum Gasteiger partial charge on any atom is 0.508 e. The molecule has 1 saturated heterocycles. The predicted molar refractivity (Wildman–Crippen MR) is 115 cm³/mol. The number of rotatable bonds is 17. The maximum absolute atomic E-state index is 11.9. The minimum Gasteiger partial charge on any atom is -0.434 e. The summed E-state index contributed by atoms with van der Waals surface area (Å²) in [5.74, 6) is 0. The number of morpholine rings is 1. The molecule has 1 heterocycles. The third-order valence-electron chi connectivity index (χ3n) is 5.54. The van der Waals surface area contributed by atoms with E-state index in [4.69, 9.17) is 14.2 Å². The van der Waals surface area contributed by atoms with Crippen molar-refractivity contribution >= 4 is 6.16 Å². The van der Waals surface area contributed by atoms with Gasteiger partial charge in [-0.25, -0.2) is 4.79 Å². The summed E-state index contributed by atoms with van der Waals surface area (Å²) in [6, 6.07) is 0. The lowest BCUT2D eigenvalue weighted by Gasteiger charge is -2.26. The Balaban J connectivity index is 1.93. The molecule has 0 spiro atoms. The monoisotopic (exact) mass is 399 g/mol. The zero-order valence-corrected chi connectivity index (χ0v) is 18.6. The van der Waals surface area contributed by atoms with Crippen LogP contribution in [0.5, 0.6) is 0 Å². The van der Waals surface area contributed by atoms with Crippen molar-refractivity contribution in [3.63, 3.8) is 0 Å². The Morgan fingerprint density at radius 2 is 1.50 bits per heavy atom. The van der Waals surface area contributed by atoms with E-state index in [2.05, 4.69) is 18.7 Å². The van der Waals surface area contributed by atoms with E-state index in [0.29, 0.717) is 6.61 Å². The lowest BCUT2D eigenvalue weighted by Crippen LogP contribution is -2.37. The van der Waals surface area contributed by atoms with Gasteiger partial charge in [-0.3, -0.25) is 4.90 Å². The van der Waals surface area contributed by atoms with Crippen molar-refractivity contribution < 1.29 is 19.0 Å². The fraction of sp³-hybridized carbons (Fsp3) is 0.957. The van der Waals surface area contributed by atoms with Gasteiger partial charge in [0.15, 0.2) is 0 Å². The zero-order chi connectivity index (χ0) is 20.3. The van der Waals surface area contributed by atoms with E-state index in [9.17, 15) is 4.79 Å². The number of hydrogen-bond donors (Lipinski definition) is 0. The van der Waals surface area contributed by atoms with Crippen LogP contribution in [-0.4, -0.2) is 56.6 Å². The molecule has 0 aromatic heterocycles. The molecule has 1 aliphatic rings. The first-order valence-corrected chi connectivity index (χ1v) is 11.9. The highest BCUT2D eigenvalue weighted by molar-refractivity contribution is 5.60. The van der Waals surface area contributed by atoms with Crippen molar-refractivity contribution in [1.29, 1.82) is 0 Å². The Morgan fingerprint density at radius 3 is 2.11 bits per heavy atom. The first kappa shape index (κ1) is 25.2. The van der Waals surface area contributed by atoms with Gasteiger partial charge in [-0.15, -0.1) is 0 Å². The Kier molecular flexibility index (Phi) is 16.4. The molecule has 1 fully saturated rings. The summed E-state index contributed by atoms with van der Waals surface area (Å²) in [6.07, 6.45) is 15.4. The summed E-state index contributed by atoms with van der Waals surface area (Å²) in [5.41, 5.74) is 0. The summed E-state index contributed by atoms with van der Waals surface area (Å²) in [6.45, 7) is 9.28. The molecule has 0 radical (unpaired) electrons. The zero-order valence-electron chi connectivity index (χ0n) is 18.6. The lowest BCUT2D eigenvalue weighted by atomic mass is 10.0. The highest BCUT2D eigenvalue weighted by Gasteiger charge is 2.14. The Bertz CT molecular complexity index is 359. The van der Waals surface area contributed by atoms with Gasteiger partial charge in [0.25, 0.3) is 0 Å². The van der Waals surface area contributed by atoms with E-state index < -0.39 is 6.16 Å². The first-order valence-electron chi connectivity index (χ1n) is 11.9. The minimum atomic E-state index is -0.499. The average Bonchev–Trinajstić information content (AvgIpc) is 2.72. The Labute approximate surface area is 173 Å². The second kappa shape index (κ2) is 18.2. The molecule has 1 aliphatic heterocycles. The van der Waals surface area contributed by atoms with Crippen LogP contribution in [0, 0.1) is 0 Å². The molecular weight excluding hydrogens is 354 g/mol. The third-order valence-corrected chi connectivity index (χ3v) is 5.54. The highest BCUT2D eigenvalue weighted by Crippen LogP contribution is 2.14. The molecule has 0 aromatic carbocycles. The van der Waals surface area contributed by atoms with Crippen molar-refractivity contribution in [3.05, 3.63) is 0 Å². The van der Waals surface area contributed by atoms with Crippen LogP contribution in [0.2, 0.25) is 0 Å². The molecule has 0 saturated carbocycles. The van der Waals surface area contributed by atoms with E-state index >= 15 is 0 Å². The number of unbranched alkanes of at least 4 members (excludes halogenated alkanes) is 9. The predicted octanol–water partition coefficient (Wildman–Crippen LogP) is 5.95. The van der Waals surface area contributed by atoms with Gasteiger partial charge in [0.05, 0.1) is 19.8 Å². The number of nitrogens with zero attached hydrogens (tertiary/aromatic N) is 1. The molecule has 0 N–H and O–H groups in total. The molecule has 0 bridgehead atoms. The van der Waals surface area contributed by atoms with Crippen LogP contribution in [-0.2, 0) is 14.2 Å². The normalized spacial score (nSPS) is 16.1. The van der Waals surface area contributed by atoms with Gasteiger partial charge >= 0.3 is 6.16 Å². The molecule has 28 heavy (non-hydrogen) atoms. The van der Waals surface area contributed by atoms with Gasteiger partial charge < -0.3 is 14.2 Å². The smallest absolute Gasteiger partial charge is 0.434 e. The Hall–Kier alpha value is -0.810. The minimum absolute atomic E-state index is 0.000729. The van der Waals surface area contributed by atoms with Crippen LogP contribution in [0.1, 0.15) is 97.3 Å². The van der Waals surface area contributed by atoms with Crippen LogP contribution in [0.25, 0.3) is 0 Å². The van der Waals surface area contributed by atoms with Crippen LogP contribution >= 0.6 is 0 Å². The first-order chi connectivity index (χ1) is 13.8. The largest absolute Gasteiger partial charge is 0.508 e. The molecule has 5 heteroatoms. The summed E-state index contributed by atoms with van der Waals surface area (Å²) < 4.78 is 16.1. The van der Waals surface area contributed by atoms with Crippen molar-refractivity contribution in [2.24, 2.45) is 0 Å². The highest BCUT2D eigenvalue weighted by atomic mass is 16.7. The van der Waals surface area contributed by atoms with Gasteiger partial charge in [-0.2, -0.15) is 0 Å². The standard InChI is InChI=1S/C23H45NO4/c1-3-5-6-7-8-9-10-11-12-13-15-22(4-2)28-23(25)27-19-14-16-24-17-20-26-21-18-24/h22H,3-21H2,1-2H3. The second-order valence-electron chi connectivity index (χ2n) is 8.02. The van der Waals surface area contributed by atoms with E-state index in [1.807, 2.05) is 0 Å². The van der Waals surface area contributed by atoms with Gasteiger partial charge in [0.2, 0.25) is 0 Å². The number of ether oxygens (including phenoxy) is 3. The number of hydrogen-bond acceptors (Lipinski definition) is 5. The van der Waals surface area contributed by atoms with Crippen molar-refractivity contribution in [1.82, 2.24) is 4.90 Å². The van der Waals surface area contributed by atoms with E-state index in [0.717, 1.165) is 58.5 Å². The van der Waals surface area contributed by atoms with Crippen LogP contribution in [0.15, 0.2) is 0 Å². The summed E-state index contributed by atoms with van der Waals surface area (Å²) >= 11 is 0. The molecule has 0 aromatic rings. The molecule has 0 aliphatic carbocycles. The topological polar surface area (TPSA) is 48.0 Å². The van der Waals surface area contributed by atoms with Gasteiger partial charge in [0.1, 0.15) is 6.10 Å². The van der Waals surface area contributed by atoms with Crippen LogP contribution in [0.4, 0.5) is 4.79 Å². The van der Waals surface area contributed by atoms with E-state index in [-0.39, 0.29) is 6.10 Å². The quantitative estimate of drug-likeness (QED) is 0.223. The Morgan fingerprint density at radius 1 is 0.893 bits per heavy atom. The van der Waals surface area contributed by atoms with E-state index in [1.54, 1.807) is 0 Å². The molecule has 1 rings (SSSR count). The molecule has 5 nitrogen and oxygen atoms in total. The number of carbonyl (C=O) groups excluding carboxylic acids is 1. The van der Waals surface area contributed by atoms with Crippen molar-refractivity contribution in [2.45, 2.75) is 103 Å². The van der Waals surface area contributed by atoms with Gasteiger partial charge in [-0.05, 0) is 25.7 Å². The number of carbonyl (C=O) groups is 1. The fourth-order valence-corrected chi connectivity index (χ4v) is 3.64. The van der Waals surface area contributed by atoms with Crippen LogP contribution < -0.4 is 0 Å². The SMILES string of the molecule is CCCCCCCCCCCCC(CC)OC(=O)OCCCN1CCOCC1. The molecule has 1 unspecified atom stereocenters. The summed E-state index contributed by atoms with van der Waals surface area (Å²) in [5, 5.41) is 0. The fourth-order valence-electron chi connectivity index (χ4n) is 3.64. The summed E-state index contributed by atoms with van der Waals surface area (Å²) in [4.78, 5) is 14.2. The van der Waals surface area contributed by atoms with Gasteiger partial charge in [0, 0.05) is 19.6 Å². The van der Waals surface area contributed by atoms with Crippen molar-refractivity contribution in [2.75, 3.05) is 39.5 Å². The van der Waals surface area contributed by atoms with Gasteiger partial charge in [-0.1, -0.05) is 71.6 Å². The molecule has 166 valence electrons. The maximum atomic E-state index is 11.9. The second-order valence-corrected chi connectivity index (χ2v) is 8.02. The van der Waals surface area contributed by atoms with Crippen LogP contribution in [0.3, 0.4) is 0 Å². The molecular formula is C23H45NO4.